The molecule has 4 nitrogen and oxygen atoms in total. The molecule has 0 bridgehead atoms. The minimum Gasteiger partial charge on any atom is -0.492 e. The normalized spacial score (nSPS) is 11.0. The van der Waals surface area contributed by atoms with Crippen molar-refractivity contribution in [1.29, 1.82) is 0 Å². The van der Waals surface area contributed by atoms with Crippen molar-refractivity contribution in [2.45, 2.75) is 13.3 Å². The van der Waals surface area contributed by atoms with E-state index in [9.17, 15) is 0 Å². The molecule has 0 radical (unpaired) electrons. The first-order chi connectivity index (χ1) is 10.4. The molecule has 0 saturated carbocycles. The molecule has 0 amide bonds. The van der Waals surface area contributed by atoms with Gasteiger partial charge in [-0.2, -0.15) is 0 Å². The fraction of sp³-hybridized carbons (Fsp3) is 0.556. The Morgan fingerprint density at radius 1 is 0.955 bits per heavy atom. The van der Waals surface area contributed by atoms with Crippen molar-refractivity contribution in [2.24, 2.45) is 0 Å². The summed E-state index contributed by atoms with van der Waals surface area (Å²) in [5.74, 6) is 1.79. The van der Waals surface area contributed by atoms with E-state index in [1.54, 1.807) is 0 Å². The Balaban J connectivity index is 2.82. The van der Waals surface area contributed by atoms with E-state index in [0.29, 0.717) is 13.2 Å². The highest BCUT2D eigenvalue weighted by Crippen LogP contribution is 2.30. The van der Waals surface area contributed by atoms with Gasteiger partial charge in [0.2, 0.25) is 0 Å². The van der Waals surface area contributed by atoms with Crippen LogP contribution in [0.1, 0.15) is 12.5 Å². The molecule has 4 heteroatoms. The Morgan fingerprint density at radius 2 is 1.41 bits per heavy atom. The standard InChI is InChI=1S/C18H30N2O2/c1-15(2)14-16-17(21-12-10-19(3)4)8-7-9-18(16)22-13-11-20(5)6/h7-9H,1,10-14H2,2-6H3. The van der Waals surface area contributed by atoms with Gasteiger partial charge < -0.3 is 19.3 Å². The lowest BCUT2D eigenvalue weighted by molar-refractivity contribution is 0.248. The summed E-state index contributed by atoms with van der Waals surface area (Å²) >= 11 is 0. The van der Waals surface area contributed by atoms with Crippen molar-refractivity contribution in [3.63, 3.8) is 0 Å². The molecule has 0 spiro atoms. The SMILES string of the molecule is C=C(C)Cc1c(OCCN(C)C)cccc1OCCN(C)C. The van der Waals surface area contributed by atoms with Crippen LogP contribution in [0.3, 0.4) is 0 Å². The van der Waals surface area contributed by atoms with Gasteiger partial charge in [-0.3, -0.25) is 0 Å². The molecule has 22 heavy (non-hydrogen) atoms. The molecule has 1 aromatic rings. The average molecular weight is 306 g/mol. The summed E-state index contributed by atoms with van der Waals surface area (Å²) in [5, 5.41) is 0. The molecule has 0 heterocycles. The fourth-order valence-electron chi connectivity index (χ4n) is 1.97. The Kier molecular flexibility index (Phi) is 7.99. The first kappa shape index (κ1) is 18.5. The first-order valence-electron chi connectivity index (χ1n) is 7.71. The summed E-state index contributed by atoms with van der Waals surface area (Å²) in [7, 11) is 8.16. The Morgan fingerprint density at radius 3 is 1.77 bits per heavy atom. The van der Waals surface area contributed by atoms with Crippen LogP contribution in [-0.2, 0) is 6.42 Å². The molecule has 0 atom stereocenters. The van der Waals surface area contributed by atoms with E-state index in [1.165, 1.54) is 0 Å². The van der Waals surface area contributed by atoms with Crippen molar-refractivity contribution in [3.8, 4) is 11.5 Å². The van der Waals surface area contributed by atoms with Crippen LogP contribution in [0.2, 0.25) is 0 Å². The molecule has 0 aliphatic rings. The van der Waals surface area contributed by atoms with Crippen molar-refractivity contribution in [2.75, 3.05) is 54.5 Å². The molecular weight excluding hydrogens is 276 g/mol. The fourth-order valence-corrected chi connectivity index (χ4v) is 1.97. The van der Waals surface area contributed by atoms with Gasteiger partial charge >= 0.3 is 0 Å². The lowest BCUT2D eigenvalue weighted by Gasteiger charge is -2.18. The summed E-state index contributed by atoms with van der Waals surface area (Å²) in [6.07, 6.45) is 0.773. The molecule has 0 aliphatic carbocycles. The summed E-state index contributed by atoms with van der Waals surface area (Å²) < 4.78 is 11.9. The molecule has 0 aliphatic heterocycles. The van der Waals surface area contributed by atoms with E-state index >= 15 is 0 Å². The number of likely N-dealkylation sites (N-methyl/N-ethyl adjacent to an activating group) is 2. The zero-order chi connectivity index (χ0) is 16.5. The molecule has 124 valence electrons. The zero-order valence-electron chi connectivity index (χ0n) is 14.7. The number of hydrogen-bond acceptors (Lipinski definition) is 4. The van der Waals surface area contributed by atoms with Crippen LogP contribution in [0, 0.1) is 0 Å². The summed E-state index contributed by atoms with van der Waals surface area (Å²) in [6, 6.07) is 6.00. The Labute approximate surface area is 135 Å². The second-order valence-corrected chi connectivity index (χ2v) is 6.17. The highest BCUT2D eigenvalue weighted by Gasteiger charge is 2.11. The minimum atomic E-state index is 0.664. The topological polar surface area (TPSA) is 24.9 Å². The molecule has 0 saturated heterocycles. The van der Waals surface area contributed by atoms with Gasteiger partial charge in [-0.05, 0) is 47.2 Å². The van der Waals surface area contributed by atoms with E-state index in [0.717, 1.165) is 42.1 Å². The van der Waals surface area contributed by atoms with Crippen LogP contribution in [0.5, 0.6) is 11.5 Å². The third kappa shape index (κ3) is 6.96. The minimum absolute atomic E-state index is 0.664. The molecule has 0 aromatic heterocycles. The largest absolute Gasteiger partial charge is 0.492 e. The molecule has 1 aromatic carbocycles. The molecule has 0 fully saturated rings. The number of benzene rings is 1. The lowest BCUT2D eigenvalue weighted by Crippen LogP contribution is -2.20. The summed E-state index contributed by atoms with van der Waals surface area (Å²) in [5.41, 5.74) is 2.19. The number of hydrogen-bond donors (Lipinski definition) is 0. The maximum atomic E-state index is 5.94. The first-order valence-corrected chi connectivity index (χ1v) is 7.71. The second-order valence-electron chi connectivity index (χ2n) is 6.17. The van der Waals surface area contributed by atoms with Gasteiger partial charge in [0.05, 0.1) is 0 Å². The number of ether oxygens (including phenoxy) is 2. The third-order valence-corrected chi connectivity index (χ3v) is 3.16. The lowest BCUT2D eigenvalue weighted by atomic mass is 10.1. The quantitative estimate of drug-likeness (QED) is 0.621. The van der Waals surface area contributed by atoms with Gasteiger partial charge in [0.15, 0.2) is 0 Å². The summed E-state index contributed by atoms with van der Waals surface area (Å²) in [6.45, 7) is 9.15. The van der Waals surface area contributed by atoms with Crippen LogP contribution in [0.25, 0.3) is 0 Å². The van der Waals surface area contributed by atoms with Gasteiger partial charge in [-0.15, -0.1) is 0 Å². The van der Waals surface area contributed by atoms with E-state index < -0.39 is 0 Å². The predicted octanol–water partition coefficient (Wildman–Crippen LogP) is 2.69. The van der Waals surface area contributed by atoms with E-state index in [1.807, 2.05) is 53.3 Å². The molecular formula is C18H30N2O2. The number of nitrogens with zero attached hydrogens (tertiary/aromatic N) is 2. The van der Waals surface area contributed by atoms with Crippen LogP contribution < -0.4 is 9.47 Å². The molecule has 0 N–H and O–H groups in total. The maximum Gasteiger partial charge on any atom is 0.126 e. The van der Waals surface area contributed by atoms with Crippen LogP contribution in [0.4, 0.5) is 0 Å². The van der Waals surface area contributed by atoms with Gasteiger partial charge in [0.25, 0.3) is 0 Å². The van der Waals surface area contributed by atoms with E-state index in [2.05, 4.69) is 16.4 Å². The molecule has 0 unspecified atom stereocenters. The Bertz CT molecular complexity index is 438. The second kappa shape index (κ2) is 9.49. The maximum absolute atomic E-state index is 5.94. The van der Waals surface area contributed by atoms with Crippen molar-refractivity contribution in [1.82, 2.24) is 9.80 Å². The van der Waals surface area contributed by atoms with Crippen molar-refractivity contribution < 1.29 is 9.47 Å². The van der Waals surface area contributed by atoms with E-state index in [4.69, 9.17) is 9.47 Å². The van der Waals surface area contributed by atoms with Gasteiger partial charge in [0.1, 0.15) is 24.7 Å². The van der Waals surface area contributed by atoms with Crippen LogP contribution in [0.15, 0.2) is 30.4 Å². The number of rotatable bonds is 10. The third-order valence-electron chi connectivity index (χ3n) is 3.16. The van der Waals surface area contributed by atoms with Crippen molar-refractivity contribution in [3.05, 3.63) is 35.9 Å². The highest BCUT2D eigenvalue weighted by atomic mass is 16.5. The van der Waals surface area contributed by atoms with E-state index in [-0.39, 0.29) is 0 Å². The monoisotopic (exact) mass is 306 g/mol. The Hall–Kier alpha value is -1.52. The van der Waals surface area contributed by atoms with Gasteiger partial charge in [-0.1, -0.05) is 18.2 Å². The zero-order valence-corrected chi connectivity index (χ0v) is 14.7. The van der Waals surface area contributed by atoms with Gasteiger partial charge in [-0.25, -0.2) is 0 Å². The summed E-state index contributed by atoms with van der Waals surface area (Å²) in [4.78, 5) is 4.21. The smallest absolute Gasteiger partial charge is 0.126 e. The van der Waals surface area contributed by atoms with Crippen molar-refractivity contribution >= 4 is 0 Å². The number of allylic oxidation sites excluding steroid dienone is 1. The average Bonchev–Trinajstić information content (AvgIpc) is 2.40. The molecule has 1 rings (SSSR count). The van der Waals surface area contributed by atoms with Crippen LogP contribution >= 0.6 is 0 Å². The predicted molar refractivity (Wildman–Crippen MR) is 93.1 cm³/mol. The van der Waals surface area contributed by atoms with Crippen LogP contribution in [-0.4, -0.2) is 64.3 Å². The highest BCUT2D eigenvalue weighted by molar-refractivity contribution is 5.46. The van der Waals surface area contributed by atoms with Gasteiger partial charge in [0, 0.05) is 25.1 Å².